The van der Waals surface area contributed by atoms with Crippen LogP contribution < -0.4 is 10.2 Å². The van der Waals surface area contributed by atoms with Crippen molar-refractivity contribution < 1.29 is 9.66 Å². The molecule has 1 N–H and O–H groups in total. The smallest absolute Gasteiger partial charge is 0.306 e. The van der Waals surface area contributed by atoms with Crippen molar-refractivity contribution in [1.29, 1.82) is 0 Å². The first-order chi connectivity index (χ1) is 9.06. The van der Waals surface area contributed by atoms with Crippen LogP contribution in [0.4, 0.5) is 17.1 Å². The van der Waals surface area contributed by atoms with Crippen molar-refractivity contribution in [1.82, 2.24) is 0 Å². The monoisotopic (exact) mass is 329 g/mol. The van der Waals surface area contributed by atoms with Gasteiger partial charge >= 0.3 is 5.69 Å². The normalized spacial score (nSPS) is 18.7. The number of hydrogen-bond acceptors (Lipinski definition) is 5. The Hall–Kier alpha value is -1.34. The van der Waals surface area contributed by atoms with Gasteiger partial charge in [-0.05, 0) is 34.5 Å². The molecule has 7 heteroatoms. The zero-order valence-electron chi connectivity index (χ0n) is 10.9. The molecule has 1 heterocycles. The molecule has 19 heavy (non-hydrogen) atoms. The van der Waals surface area contributed by atoms with E-state index in [1.165, 1.54) is 0 Å². The van der Waals surface area contributed by atoms with E-state index in [9.17, 15) is 10.1 Å². The van der Waals surface area contributed by atoms with E-state index in [-0.39, 0.29) is 16.7 Å². The molecular formula is C12H16BrN3O3. The Morgan fingerprint density at radius 2 is 2.32 bits per heavy atom. The number of ether oxygens (including phenoxy) is 1. The van der Waals surface area contributed by atoms with E-state index >= 15 is 0 Å². The highest BCUT2D eigenvalue weighted by molar-refractivity contribution is 9.10. The minimum Gasteiger partial charge on any atom is -0.382 e. The maximum atomic E-state index is 11.0. The van der Waals surface area contributed by atoms with Crippen LogP contribution in [0.1, 0.15) is 6.42 Å². The van der Waals surface area contributed by atoms with Crippen molar-refractivity contribution in [3.05, 3.63) is 26.7 Å². The lowest BCUT2D eigenvalue weighted by Gasteiger charge is -2.19. The molecule has 1 aliphatic heterocycles. The van der Waals surface area contributed by atoms with Crippen LogP contribution in [0.2, 0.25) is 0 Å². The van der Waals surface area contributed by atoms with Crippen molar-refractivity contribution in [2.24, 2.45) is 0 Å². The molecule has 0 spiro atoms. The zero-order valence-corrected chi connectivity index (χ0v) is 12.4. The number of nitrogens with zero attached hydrogens (tertiary/aromatic N) is 2. The fourth-order valence-electron chi connectivity index (χ4n) is 2.30. The molecular weight excluding hydrogens is 314 g/mol. The second kappa shape index (κ2) is 5.75. The standard InChI is InChI=1S/C12H16BrN3O3/c1-14-11-6-8(5-10(13)12(11)16(17)18)15-4-3-9(7-15)19-2/h5-6,9,14H,3-4,7H2,1-2H3/t9-/m0/s1. The molecule has 0 bridgehead atoms. The second-order valence-electron chi connectivity index (χ2n) is 4.42. The van der Waals surface area contributed by atoms with Crippen molar-refractivity contribution in [3.63, 3.8) is 0 Å². The first kappa shape index (κ1) is 14.1. The first-order valence-corrected chi connectivity index (χ1v) is 6.79. The number of hydrogen-bond donors (Lipinski definition) is 1. The van der Waals surface area contributed by atoms with Crippen LogP contribution in [-0.4, -0.2) is 38.3 Å². The van der Waals surface area contributed by atoms with Crippen LogP contribution in [0.3, 0.4) is 0 Å². The van der Waals surface area contributed by atoms with E-state index in [0.717, 1.165) is 25.2 Å². The number of nitrogens with one attached hydrogen (secondary N) is 1. The van der Waals surface area contributed by atoms with Gasteiger partial charge in [0.1, 0.15) is 5.69 Å². The SMILES string of the molecule is CNc1cc(N2CC[C@H](OC)C2)cc(Br)c1[N+](=O)[O-]. The topological polar surface area (TPSA) is 67.6 Å². The Labute approximate surface area is 120 Å². The zero-order chi connectivity index (χ0) is 14.0. The summed E-state index contributed by atoms with van der Waals surface area (Å²) in [7, 11) is 3.39. The Balaban J connectivity index is 2.33. The first-order valence-electron chi connectivity index (χ1n) is 6.00. The molecule has 104 valence electrons. The molecule has 1 aromatic rings. The van der Waals surface area contributed by atoms with Gasteiger partial charge in [-0.1, -0.05) is 0 Å². The lowest BCUT2D eigenvalue weighted by Crippen LogP contribution is -2.22. The van der Waals surface area contributed by atoms with E-state index in [1.54, 1.807) is 26.3 Å². The van der Waals surface area contributed by atoms with Crippen LogP contribution >= 0.6 is 15.9 Å². The van der Waals surface area contributed by atoms with Gasteiger partial charge < -0.3 is 15.0 Å². The van der Waals surface area contributed by atoms with E-state index in [0.29, 0.717) is 10.2 Å². The highest BCUT2D eigenvalue weighted by atomic mass is 79.9. The summed E-state index contributed by atoms with van der Waals surface area (Å²) in [4.78, 5) is 12.8. The average Bonchev–Trinajstić information content (AvgIpc) is 2.85. The summed E-state index contributed by atoms with van der Waals surface area (Å²) in [5.41, 5.74) is 1.53. The Morgan fingerprint density at radius 3 is 2.84 bits per heavy atom. The third-order valence-electron chi connectivity index (χ3n) is 3.34. The molecule has 2 rings (SSSR count). The van der Waals surface area contributed by atoms with Crippen molar-refractivity contribution >= 4 is 33.0 Å². The lowest BCUT2D eigenvalue weighted by atomic mass is 10.2. The predicted octanol–water partition coefficient (Wildman–Crippen LogP) is 2.62. The van der Waals surface area contributed by atoms with Crippen LogP contribution in [0.5, 0.6) is 0 Å². The van der Waals surface area contributed by atoms with Crippen LogP contribution in [0, 0.1) is 10.1 Å². The van der Waals surface area contributed by atoms with Gasteiger partial charge in [0.05, 0.1) is 15.5 Å². The Morgan fingerprint density at radius 1 is 1.58 bits per heavy atom. The quantitative estimate of drug-likeness (QED) is 0.679. The third kappa shape index (κ3) is 2.82. The number of halogens is 1. The summed E-state index contributed by atoms with van der Waals surface area (Å²) < 4.78 is 5.82. The van der Waals surface area contributed by atoms with E-state index in [4.69, 9.17) is 4.74 Å². The number of benzene rings is 1. The summed E-state index contributed by atoms with van der Waals surface area (Å²) in [5, 5.41) is 13.9. The highest BCUT2D eigenvalue weighted by Gasteiger charge is 2.25. The molecule has 0 saturated carbocycles. The van der Waals surface area contributed by atoms with Gasteiger partial charge in [-0.15, -0.1) is 0 Å². The van der Waals surface area contributed by atoms with Gasteiger partial charge in [0.15, 0.2) is 0 Å². The molecule has 1 atom stereocenters. The average molecular weight is 330 g/mol. The lowest BCUT2D eigenvalue weighted by molar-refractivity contribution is -0.384. The van der Waals surface area contributed by atoms with Gasteiger partial charge in [0, 0.05) is 32.9 Å². The molecule has 1 aliphatic rings. The number of anilines is 2. The van der Waals surface area contributed by atoms with Gasteiger partial charge in [-0.3, -0.25) is 10.1 Å². The Kier molecular flexibility index (Phi) is 4.26. The molecule has 1 saturated heterocycles. The van der Waals surface area contributed by atoms with Crippen LogP contribution in [-0.2, 0) is 4.74 Å². The van der Waals surface area contributed by atoms with Crippen molar-refractivity contribution in [2.75, 3.05) is 37.5 Å². The number of nitro groups is 1. The van der Waals surface area contributed by atoms with Gasteiger partial charge in [-0.2, -0.15) is 0 Å². The molecule has 1 aromatic carbocycles. The summed E-state index contributed by atoms with van der Waals surface area (Å²) >= 11 is 3.28. The molecule has 0 aromatic heterocycles. The summed E-state index contributed by atoms with van der Waals surface area (Å²) in [6.07, 6.45) is 1.20. The number of methoxy groups -OCH3 is 1. The minimum atomic E-state index is -0.387. The summed E-state index contributed by atoms with van der Waals surface area (Å²) in [5.74, 6) is 0. The third-order valence-corrected chi connectivity index (χ3v) is 3.95. The molecule has 6 nitrogen and oxygen atoms in total. The van der Waals surface area contributed by atoms with E-state index in [1.807, 2.05) is 0 Å². The van der Waals surface area contributed by atoms with E-state index < -0.39 is 0 Å². The fourth-order valence-corrected chi connectivity index (χ4v) is 2.89. The summed E-state index contributed by atoms with van der Waals surface area (Å²) in [6, 6.07) is 3.60. The summed E-state index contributed by atoms with van der Waals surface area (Å²) in [6.45, 7) is 1.70. The molecule has 0 radical (unpaired) electrons. The van der Waals surface area contributed by atoms with Crippen LogP contribution in [0.15, 0.2) is 16.6 Å². The van der Waals surface area contributed by atoms with E-state index in [2.05, 4.69) is 26.1 Å². The predicted molar refractivity (Wildman–Crippen MR) is 78.0 cm³/mol. The van der Waals surface area contributed by atoms with Gasteiger partial charge in [0.25, 0.3) is 0 Å². The number of nitro benzene ring substituents is 1. The van der Waals surface area contributed by atoms with Crippen LogP contribution in [0.25, 0.3) is 0 Å². The fraction of sp³-hybridized carbons (Fsp3) is 0.500. The largest absolute Gasteiger partial charge is 0.382 e. The molecule has 1 fully saturated rings. The van der Waals surface area contributed by atoms with Gasteiger partial charge in [-0.25, -0.2) is 0 Å². The van der Waals surface area contributed by atoms with Crippen molar-refractivity contribution in [3.8, 4) is 0 Å². The molecule has 0 amide bonds. The minimum absolute atomic E-state index is 0.0636. The molecule has 0 aliphatic carbocycles. The maximum Gasteiger partial charge on any atom is 0.306 e. The number of rotatable bonds is 4. The maximum absolute atomic E-state index is 11.0. The van der Waals surface area contributed by atoms with Gasteiger partial charge in [0.2, 0.25) is 0 Å². The Bertz CT molecular complexity index is 495. The molecule has 0 unspecified atom stereocenters. The highest BCUT2D eigenvalue weighted by Crippen LogP contribution is 2.38. The second-order valence-corrected chi connectivity index (χ2v) is 5.28. The van der Waals surface area contributed by atoms with Crippen molar-refractivity contribution in [2.45, 2.75) is 12.5 Å².